The van der Waals surface area contributed by atoms with Gasteiger partial charge >= 0.3 is 5.97 Å². The van der Waals surface area contributed by atoms with Gasteiger partial charge in [0.05, 0.1) is 16.6 Å². The molecular formula is C28H32N4O3. The Kier molecular flexibility index (Phi) is 4.94. The fourth-order valence-electron chi connectivity index (χ4n) is 5.05. The second kappa shape index (κ2) is 7.72. The molecule has 3 aliphatic rings. The molecule has 3 aromatic heterocycles. The quantitative estimate of drug-likeness (QED) is 0.515. The molecule has 0 amide bonds. The standard InChI is InChI=1S/C28H32N4O3/c1-15-16(2)34-26(33)20-8-7-18(32-24(15)20)11-19-12-21-22(13-30-19)25(35-27(3)9-10-27)31-14-23(21)28(4,29)17-5-6-17/h7-8,12-17H,5-6,9-11,29H2,1-4H3/t15-,16-,28+/m0/s1. The fraction of sp³-hybridized carbons (Fsp3) is 0.500. The molecule has 0 spiro atoms. The predicted molar refractivity (Wildman–Crippen MR) is 132 cm³/mol. The van der Waals surface area contributed by atoms with Gasteiger partial charge in [-0.2, -0.15) is 0 Å². The normalized spacial score (nSPS) is 24.4. The number of pyridine rings is 3. The number of ether oxygens (including phenoxy) is 2. The summed E-state index contributed by atoms with van der Waals surface area (Å²) in [6.07, 6.45) is 8.48. The van der Waals surface area contributed by atoms with Crippen molar-refractivity contribution in [3.8, 4) is 5.88 Å². The van der Waals surface area contributed by atoms with E-state index in [-0.39, 0.29) is 23.6 Å². The summed E-state index contributed by atoms with van der Waals surface area (Å²) in [6.45, 7) is 8.18. The SMILES string of the molecule is C[C@@H]1OC(=O)c2ccc(Cc3cc4c([C@](C)(N)C5CC5)cnc(OC5(C)CC5)c4cn3)nc2[C@H]1C. The smallest absolute Gasteiger partial charge is 0.340 e. The van der Waals surface area contributed by atoms with Gasteiger partial charge in [0.15, 0.2) is 0 Å². The molecule has 6 rings (SSSR count). The number of hydrogen-bond acceptors (Lipinski definition) is 7. The van der Waals surface area contributed by atoms with Gasteiger partial charge in [-0.3, -0.25) is 9.97 Å². The molecule has 4 heterocycles. The number of nitrogens with zero attached hydrogens (tertiary/aromatic N) is 3. The first-order valence-electron chi connectivity index (χ1n) is 12.6. The molecule has 0 saturated heterocycles. The van der Waals surface area contributed by atoms with E-state index in [1.165, 1.54) is 0 Å². The molecule has 3 atom stereocenters. The molecule has 0 radical (unpaired) electrons. The minimum Gasteiger partial charge on any atom is -0.471 e. The number of nitrogens with two attached hydrogens (primary N) is 1. The van der Waals surface area contributed by atoms with Gasteiger partial charge in [-0.15, -0.1) is 0 Å². The van der Waals surface area contributed by atoms with Crippen molar-refractivity contribution in [2.45, 2.75) is 83.0 Å². The van der Waals surface area contributed by atoms with Crippen LogP contribution in [0.25, 0.3) is 10.8 Å². The summed E-state index contributed by atoms with van der Waals surface area (Å²) in [5, 5.41) is 1.95. The van der Waals surface area contributed by atoms with Crippen molar-refractivity contribution in [2.75, 3.05) is 0 Å². The molecule has 1 aliphatic heterocycles. The number of aromatic nitrogens is 3. The van der Waals surface area contributed by atoms with E-state index in [4.69, 9.17) is 30.2 Å². The van der Waals surface area contributed by atoms with E-state index in [0.29, 0.717) is 23.8 Å². The summed E-state index contributed by atoms with van der Waals surface area (Å²) < 4.78 is 11.7. The van der Waals surface area contributed by atoms with Crippen molar-refractivity contribution in [2.24, 2.45) is 11.7 Å². The highest BCUT2D eigenvalue weighted by Crippen LogP contribution is 2.47. The zero-order chi connectivity index (χ0) is 24.5. The zero-order valence-electron chi connectivity index (χ0n) is 20.8. The lowest BCUT2D eigenvalue weighted by Crippen LogP contribution is -2.35. The van der Waals surface area contributed by atoms with Crippen LogP contribution in [0, 0.1) is 5.92 Å². The summed E-state index contributed by atoms with van der Waals surface area (Å²) >= 11 is 0. The average molecular weight is 473 g/mol. The first-order chi connectivity index (χ1) is 16.6. The third-order valence-corrected chi connectivity index (χ3v) is 8.09. The number of fused-ring (bicyclic) bond motifs is 2. The van der Waals surface area contributed by atoms with Crippen LogP contribution in [-0.4, -0.2) is 32.6 Å². The predicted octanol–water partition coefficient (Wildman–Crippen LogP) is 4.79. The van der Waals surface area contributed by atoms with Crippen LogP contribution >= 0.6 is 0 Å². The van der Waals surface area contributed by atoms with Crippen molar-refractivity contribution in [1.82, 2.24) is 15.0 Å². The van der Waals surface area contributed by atoms with Gasteiger partial charge in [0.25, 0.3) is 0 Å². The molecule has 3 aromatic rings. The van der Waals surface area contributed by atoms with Gasteiger partial charge in [0.2, 0.25) is 5.88 Å². The van der Waals surface area contributed by atoms with E-state index in [1.807, 2.05) is 38.4 Å². The molecule has 35 heavy (non-hydrogen) atoms. The van der Waals surface area contributed by atoms with E-state index in [2.05, 4.69) is 19.9 Å². The second-order valence-electron chi connectivity index (χ2n) is 11.1. The summed E-state index contributed by atoms with van der Waals surface area (Å²) in [6, 6.07) is 5.83. The molecule has 2 fully saturated rings. The number of carbonyl (C=O) groups is 1. The van der Waals surface area contributed by atoms with Gasteiger partial charge in [-0.05, 0) is 81.5 Å². The van der Waals surface area contributed by atoms with Crippen LogP contribution in [0.5, 0.6) is 5.88 Å². The Morgan fingerprint density at radius 1 is 1.14 bits per heavy atom. The Hall–Kier alpha value is -3.06. The van der Waals surface area contributed by atoms with Crippen molar-refractivity contribution in [3.63, 3.8) is 0 Å². The lowest BCUT2D eigenvalue weighted by atomic mass is 9.86. The average Bonchev–Trinajstić information content (AvgIpc) is 3.74. The highest BCUT2D eigenvalue weighted by atomic mass is 16.5. The molecule has 2 N–H and O–H groups in total. The maximum absolute atomic E-state index is 12.3. The van der Waals surface area contributed by atoms with Crippen LogP contribution in [0.2, 0.25) is 0 Å². The highest BCUT2D eigenvalue weighted by molar-refractivity contribution is 5.92. The Morgan fingerprint density at radius 2 is 1.91 bits per heavy atom. The Morgan fingerprint density at radius 3 is 2.63 bits per heavy atom. The summed E-state index contributed by atoms with van der Waals surface area (Å²) in [5.74, 6) is 0.833. The monoisotopic (exact) mass is 472 g/mol. The van der Waals surface area contributed by atoms with E-state index in [9.17, 15) is 4.79 Å². The molecule has 2 saturated carbocycles. The number of cyclic esters (lactones) is 1. The molecule has 7 nitrogen and oxygen atoms in total. The van der Waals surface area contributed by atoms with Crippen LogP contribution in [0.1, 0.15) is 92.3 Å². The van der Waals surface area contributed by atoms with Crippen LogP contribution < -0.4 is 10.5 Å². The Labute approximate surface area is 205 Å². The van der Waals surface area contributed by atoms with Crippen molar-refractivity contribution >= 4 is 16.7 Å². The highest BCUT2D eigenvalue weighted by Gasteiger charge is 2.43. The largest absolute Gasteiger partial charge is 0.471 e. The summed E-state index contributed by atoms with van der Waals surface area (Å²) in [7, 11) is 0. The van der Waals surface area contributed by atoms with E-state index < -0.39 is 5.54 Å². The maximum atomic E-state index is 12.3. The number of hydrogen-bond donors (Lipinski definition) is 1. The van der Waals surface area contributed by atoms with Gasteiger partial charge < -0.3 is 15.2 Å². The van der Waals surface area contributed by atoms with E-state index >= 15 is 0 Å². The van der Waals surface area contributed by atoms with Crippen LogP contribution in [-0.2, 0) is 16.7 Å². The second-order valence-corrected chi connectivity index (χ2v) is 11.1. The molecule has 182 valence electrons. The van der Waals surface area contributed by atoms with Crippen molar-refractivity contribution < 1.29 is 14.3 Å². The minimum absolute atomic E-state index is 0.0462. The molecule has 2 aliphatic carbocycles. The lowest BCUT2D eigenvalue weighted by Gasteiger charge is -2.27. The van der Waals surface area contributed by atoms with E-state index in [1.54, 1.807) is 0 Å². The van der Waals surface area contributed by atoms with Crippen molar-refractivity contribution in [1.29, 1.82) is 0 Å². The van der Waals surface area contributed by atoms with Gasteiger partial charge in [-0.25, -0.2) is 9.78 Å². The molecule has 0 bridgehead atoms. The first kappa shape index (κ1) is 22.4. The van der Waals surface area contributed by atoms with Crippen LogP contribution in [0.15, 0.2) is 30.6 Å². The third-order valence-electron chi connectivity index (χ3n) is 8.09. The lowest BCUT2D eigenvalue weighted by molar-refractivity contribution is 0.0234. The van der Waals surface area contributed by atoms with Crippen molar-refractivity contribution in [3.05, 3.63) is 58.8 Å². The topological polar surface area (TPSA) is 100 Å². The van der Waals surface area contributed by atoms with Gasteiger partial charge in [0.1, 0.15) is 11.7 Å². The molecular weight excluding hydrogens is 440 g/mol. The number of esters is 1. The molecule has 0 unspecified atom stereocenters. The summed E-state index contributed by atoms with van der Waals surface area (Å²) in [5.41, 5.74) is 10.4. The number of carbonyl (C=O) groups excluding carboxylic acids is 1. The Bertz CT molecular complexity index is 1340. The molecule has 0 aromatic carbocycles. The fourth-order valence-corrected chi connectivity index (χ4v) is 5.05. The number of rotatable bonds is 6. The van der Waals surface area contributed by atoms with Crippen LogP contribution in [0.3, 0.4) is 0 Å². The first-order valence-corrected chi connectivity index (χ1v) is 12.6. The molecule has 7 heteroatoms. The van der Waals surface area contributed by atoms with Crippen LogP contribution in [0.4, 0.5) is 0 Å². The van der Waals surface area contributed by atoms with Gasteiger partial charge in [-0.1, -0.05) is 6.92 Å². The van der Waals surface area contributed by atoms with E-state index in [0.717, 1.165) is 59.1 Å². The zero-order valence-corrected chi connectivity index (χ0v) is 20.8. The Balaban J connectivity index is 1.40. The maximum Gasteiger partial charge on any atom is 0.340 e. The van der Waals surface area contributed by atoms with Gasteiger partial charge in [0, 0.05) is 41.7 Å². The third kappa shape index (κ3) is 3.96. The summed E-state index contributed by atoms with van der Waals surface area (Å²) in [4.78, 5) is 26.6. The minimum atomic E-state index is -0.456.